The first-order valence-electron chi connectivity index (χ1n) is 12.5. The molecule has 38 heavy (non-hydrogen) atoms. The molecule has 4 aromatic rings. The molecule has 1 aliphatic rings. The summed E-state index contributed by atoms with van der Waals surface area (Å²) in [6.45, 7) is 2.02. The van der Waals surface area contributed by atoms with Gasteiger partial charge in [0.05, 0.1) is 17.5 Å². The normalized spacial score (nSPS) is 14.4. The van der Waals surface area contributed by atoms with Crippen molar-refractivity contribution in [3.8, 4) is 17.0 Å². The Morgan fingerprint density at radius 1 is 1.05 bits per heavy atom. The minimum Gasteiger partial charge on any atom is -0.493 e. The van der Waals surface area contributed by atoms with Crippen LogP contribution in [0.1, 0.15) is 36.0 Å². The first-order valence-corrected chi connectivity index (χ1v) is 13.9. The molecule has 0 amide bonds. The quantitative estimate of drug-likeness (QED) is 0.342. The van der Waals surface area contributed by atoms with E-state index in [9.17, 15) is 18.3 Å². The van der Waals surface area contributed by atoms with Crippen molar-refractivity contribution >= 4 is 9.84 Å². The van der Waals surface area contributed by atoms with Crippen LogP contribution in [0.4, 0.5) is 0 Å². The van der Waals surface area contributed by atoms with Crippen molar-refractivity contribution in [2.45, 2.75) is 42.0 Å². The fourth-order valence-electron chi connectivity index (χ4n) is 4.71. The maximum Gasteiger partial charge on any atom is 0.296 e. The van der Waals surface area contributed by atoms with E-state index in [1.807, 2.05) is 49.4 Å². The monoisotopic (exact) mass is 531 g/mol. The van der Waals surface area contributed by atoms with E-state index in [2.05, 4.69) is 9.97 Å². The van der Waals surface area contributed by atoms with Crippen LogP contribution in [-0.2, 0) is 21.0 Å². The van der Waals surface area contributed by atoms with Crippen molar-refractivity contribution in [2.75, 3.05) is 13.7 Å². The topological polar surface area (TPSA) is 111 Å². The maximum atomic E-state index is 13.7. The number of aryl methyl sites for hydroxylation is 1. The number of aromatic hydroxyl groups is 1. The molecule has 1 saturated carbocycles. The highest BCUT2D eigenvalue weighted by atomic mass is 32.2. The van der Waals surface area contributed by atoms with Gasteiger partial charge >= 0.3 is 0 Å². The Morgan fingerprint density at radius 3 is 2.39 bits per heavy atom. The number of methoxy groups -OCH3 is 1. The van der Waals surface area contributed by atoms with Crippen LogP contribution in [0.5, 0.6) is 5.88 Å². The zero-order valence-electron chi connectivity index (χ0n) is 21.2. The van der Waals surface area contributed by atoms with Crippen molar-refractivity contribution in [1.29, 1.82) is 0 Å². The number of rotatable bonds is 9. The van der Waals surface area contributed by atoms with E-state index in [0.717, 1.165) is 35.2 Å². The number of ether oxygens (including phenoxy) is 1. The van der Waals surface area contributed by atoms with Crippen LogP contribution >= 0.6 is 0 Å². The van der Waals surface area contributed by atoms with Crippen LogP contribution in [-0.4, -0.2) is 41.8 Å². The van der Waals surface area contributed by atoms with Crippen molar-refractivity contribution < 1.29 is 18.3 Å². The van der Waals surface area contributed by atoms with E-state index >= 15 is 0 Å². The largest absolute Gasteiger partial charge is 0.493 e. The number of pyridine rings is 1. The fourth-order valence-corrected chi connectivity index (χ4v) is 6.05. The van der Waals surface area contributed by atoms with Crippen LogP contribution < -0.4 is 5.56 Å². The van der Waals surface area contributed by atoms with Gasteiger partial charge in [-0.1, -0.05) is 48.5 Å². The lowest BCUT2D eigenvalue weighted by Gasteiger charge is -2.25. The lowest BCUT2D eigenvalue weighted by Crippen LogP contribution is -2.29. The Labute approximate surface area is 221 Å². The first-order chi connectivity index (χ1) is 18.3. The lowest BCUT2D eigenvalue weighted by atomic mass is 10.1. The molecule has 5 rings (SSSR count). The molecular weight excluding hydrogens is 502 g/mol. The molecule has 2 aromatic heterocycles. The van der Waals surface area contributed by atoms with E-state index < -0.39 is 32.2 Å². The van der Waals surface area contributed by atoms with Gasteiger partial charge in [-0.15, -0.1) is 0 Å². The van der Waals surface area contributed by atoms with Crippen molar-refractivity contribution in [3.63, 3.8) is 0 Å². The van der Waals surface area contributed by atoms with E-state index in [0.29, 0.717) is 18.2 Å². The van der Waals surface area contributed by atoms with Crippen LogP contribution in [0.25, 0.3) is 11.1 Å². The molecule has 1 N–H and O–H groups in total. The zero-order valence-corrected chi connectivity index (χ0v) is 22.1. The Bertz CT molecular complexity index is 1610. The van der Waals surface area contributed by atoms with Crippen molar-refractivity contribution in [2.24, 2.45) is 5.92 Å². The summed E-state index contributed by atoms with van der Waals surface area (Å²) in [6, 6.07) is 18.7. The summed E-state index contributed by atoms with van der Waals surface area (Å²) in [5, 5.41) is 11.5. The maximum absolute atomic E-state index is 13.7. The summed E-state index contributed by atoms with van der Waals surface area (Å²) >= 11 is 0. The number of aromatic nitrogens is 3. The highest BCUT2D eigenvalue weighted by molar-refractivity contribution is 7.91. The SMILES string of the molecule is COCC(c1ccccc1)n1c(CC2CC2)nc(=O)c(S(=O)(=O)c2ccc(-c3cccnc3C)cc2)c1O. The van der Waals surface area contributed by atoms with Gasteiger partial charge in [0, 0.05) is 31.0 Å². The van der Waals surface area contributed by atoms with Crippen LogP contribution in [0.2, 0.25) is 0 Å². The zero-order chi connectivity index (χ0) is 26.9. The van der Waals surface area contributed by atoms with Gasteiger partial charge in [-0.2, -0.15) is 4.98 Å². The molecule has 1 aliphatic carbocycles. The van der Waals surface area contributed by atoms with Crippen molar-refractivity contribution in [3.05, 3.63) is 100 Å². The molecule has 2 heterocycles. The van der Waals surface area contributed by atoms with E-state index in [4.69, 9.17) is 4.74 Å². The molecule has 0 aliphatic heterocycles. The Balaban J connectivity index is 1.64. The van der Waals surface area contributed by atoms with Gasteiger partial charge in [0.2, 0.25) is 15.7 Å². The molecule has 1 fully saturated rings. The molecular formula is C29H29N3O5S. The third kappa shape index (κ3) is 4.99. The highest BCUT2D eigenvalue weighted by Crippen LogP contribution is 2.36. The van der Waals surface area contributed by atoms with Gasteiger partial charge in [-0.3, -0.25) is 14.3 Å². The second-order valence-electron chi connectivity index (χ2n) is 9.55. The van der Waals surface area contributed by atoms with E-state index in [1.54, 1.807) is 18.3 Å². The summed E-state index contributed by atoms with van der Waals surface area (Å²) in [7, 11) is -2.86. The molecule has 196 valence electrons. The van der Waals surface area contributed by atoms with Crippen LogP contribution in [0.3, 0.4) is 0 Å². The second-order valence-corrected chi connectivity index (χ2v) is 11.4. The van der Waals surface area contributed by atoms with Gasteiger partial charge in [0.15, 0.2) is 4.90 Å². The minimum atomic E-state index is -4.39. The molecule has 9 heteroatoms. The molecule has 0 bridgehead atoms. The average molecular weight is 532 g/mol. The third-order valence-electron chi connectivity index (χ3n) is 6.87. The molecule has 1 atom stereocenters. The van der Waals surface area contributed by atoms with Gasteiger partial charge in [-0.25, -0.2) is 8.42 Å². The van der Waals surface area contributed by atoms with Gasteiger partial charge in [0.1, 0.15) is 5.82 Å². The lowest BCUT2D eigenvalue weighted by molar-refractivity contribution is 0.161. The summed E-state index contributed by atoms with van der Waals surface area (Å²) in [4.78, 5) is 20.8. The predicted octanol–water partition coefficient (Wildman–Crippen LogP) is 4.34. The van der Waals surface area contributed by atoms with Gasteiger partial charge in [0.25, 0.3) is 5.56 Å². The smallest absolute Gasteiger partial charge is 0.296 e. The van der Waals surface area contributed by atoms with Crippen LogP contribution in [0.15, 0.2) is 87.5 Å². The molecule has 0 radical (unpaired) electrons. The molecule has 0 saturated heterocycles. The molecule has 0 spiro atoms. The number of nitrogens with zero attached hydrogens (tertiary/aromatic N) is 3. The molecule has 8 nitrogen and oxygen atoms in total. The fraction of sp³-hybridized carbons (Fsp3) is 0.276. The number of sulfone groups is 1. The average Bonchev–Trinajstić information content (AvgIpc) is 3.73. The predicted molar refractivity (Wildman–Crippen MR) is 143 cm³/mol. The summed E-state index contributed by atoms with van der Waals surface area (Å²) < 4.78 is 34.4. The van der Waals surface area contributed by atoms with Crippen LogP contribution in [0, 0.1) is 12.8 Å². The summed E-state index contributed by atoms with van der Waals surface area (Å²) in [5.74, 6) is 0.0680. The first kappa shape index (κ1) is 25.8. The number of benzene rings is 2. The van der Waals surface area contributed by atoms with Gasteiger partial charge < -0.3 is 9.84 Å². The molecule has 2 aromatic carbocycles. The highest BCUT2D eigenvalue weighted by Gasteiger charge is 2.34. The Morgan fingerprint density at radius 2 is 1.76 bits per heavy atom. The van der Waals surface area contributed by atoms with Gasteiger partial charge in [-0.05, 0) is 55.0 Å². The summed E-state index contributed by atoms with van der Waals surface area (Å²) in [5.41, 5.74) is 2.30. The Hall–Kier alpha value is -3.82. The van der Waals surface area contributed by atoms with E-state index in [-0.39, 0.29) is 11.5 Å². The summed E-state index contributed by atoms with van der Waals surface area (Å²) in [6.07, 6.45) is 4.16. The molecule has 1 unspecified atom stereocenters. The minimum absolute atomic E-state index is 0.110. The number of hydrogen-bond donors (Lipinski definition) is 1. The standard InChI is InChI=1S/C29H29N3O5S/c1-19-24(9-6-16-30-19)21-12-14-23(15-13-21)38(35,36)27-28(33)31-26(17-20-10-11-20)32(29(27)34)25(18-37-2)22-7-4-3-5-8-22/h3-9,12-16,20,25,34H,10-11,17-18H2,1-2H3. The third-order valence-corrected chi connectivity index (χ3v) is 8.66. The van der Waals surface area contributed by atoms with Crippen molar-refractivity contribution in [1.82, 2.24) is 14.5 Å². The number of hydrogen-bond acceptors (Lipinski definition) is 7. The Kier molecular flexibility index (Phi) is 7.14. The van der Waals surface area contributed by atoms with E-state index in [1.165, 1.54) is 23.8 Å². The second kappa shape index (κ2) is 10.5.